The molecule has 0 amide bonds. The molecule has 0 bridgehead atoms. The first kappa shape index (κ1) is 12.9. The Balaban J connectivity index is 1.77. The van der Waals surface area contributed by atoms with Gasteiger partial charge < -0.3 is 9.80 Å². The molecule has 3 rings (SSSR count). The number of hydrogen-bond donors (Lipinski definition) is 0. The lowest BCUT2D eigenvalue weighted by molar-refractivity contribution is 0.275. The van der Waals surface area contributed by atoms with E-state index in [1.165, 1.54) is 37.2 Å². The van der Waals surface area contributed by atoms with Gasteiger partial charge in [0.15, 0.2) is 0 Å². The zero-order valence-corrected chi connectivity index (χ0v) is 12.1. The van der Waals surface area contributed by atoms with Gasteiger partial charge in [-0.05, 0) is 32.1 Å². The Hall–Kier alpha value is -1.16. The number of anilines is 1. The highest BCUT2D eigenvalue weighted by Gasteiger charge is 2.26. The molecule has 0 radical (unpaired) electrons. The van der Waals surface area contributed by atoms with E-state index in [0.29, 0.717) is 0 Å². The van der Waals surface area contributed by atoms with Crippen LogP contribution in [0, 0.1) is 5.92 Å². The quantitative estimate of drug-likeness (QED) is 0.825. The Morgan fingerprint density at radius 1 is 1.26 bits per heavy atom. The summed E-state index contributed by atoms with van der Waals surface area (Å²) in [4.78, 5) is 13.9. The van der Waals surface area contributed by atoms with Crippen molar-refractivity contribution in [3.63, 3.8) is 0 Å². The van der Waals surface area contributed by atoms with Crippen LogP contribution in [0.25, 0.3) is 0 Å². The van der Waals surface area contributed by atoms with Crippen LogP contribution in [0.2, 0.25) is 0 Å². The lowest BCUT2D eigenvalue weighted by Gasteiger charge is -2.20. The minimum Gasteiger partial charge on any atom is -0.360 e. The van der Waals surface area contributed by atoms with Crippen LogP contribution in [0.15, 0.2) is 6.33 Å². The summed E-state index contributed by atoms with van der Waals surface area (Å²) in [6, 6.07) is 0. The highest BCUT2D eigenvalue weighted by atomic mass is 15.2. The maximum absolute atomic E-state index is 4.52. The molecule has 1 saturated carbocycles. The first-order chi connectivity index (χ1) is 9.28. The molecule has 0 spiro atoms. The first-order valence-corrected chi connectivity index (χ1v) is 7.54. The van der Waals surface area contributed by atoms with E-state index in [0.717, 1.165) is 37.7 Å². The number of fused-ring (bicyclic) bond motifs is 1. The van der Waals surface area contributed by atoms with Gasteiger partial charge in [-0.25, -0.2) is 9.97 Å². The summed E-state index contributed by atoms with van der Waals surface area (Å²) in [5.74, 6) is 2.12. The van der Waals surface area contributed by atoms with Crippen LogP contribution in [0.4, 0.5) is 5.82 Å². The molecule has 1 fully saturated rings. The first-order valence-electron chi connectivity index (χ1n) is 7.54. The van der Waals surface area contributed by atoms with Crippen LogP contribution in [0.1, 0.15) is 31.0 Å². The van der Waals surface area contributed by atoms with Crippen LogP contribution in [-0.4, -0.2) is 48.1 Å². The monoisotopic (exact) mass is 260 g/mol. The van der Waals surface area contributed by atoms with Crippen molar-refractivity contribution in [3.05, 3.63) is 17.6 Å². The van der Waals surface area contributed by atoms with E-state index in [1.54, 1.807) is 6.33 Å². The largest absolute Gasteiger partial charge is 0.360 e. The molecular formula is C15H24N4. The number of rotatable bonds is 4. The second kappa shape index (κ2) is 5.45. The van der Waals surface area contributed by atoms with E-state index in [9.17, 15) is 0 Å². The van der Waals surface area contributed by atoms with E-state index in [1.807, 2.05) is 0 Å². The van der Waals surface area contributed by atoms with Gasteiger partial charge in [-0.2, -0.15) is 0 Å². The predicted octanol–water partition coefficient (Wildman–Crippen LogP) is 1.74. The van der Waals surface area contributed by atoms with Crippen LogP contribution >= 0.6 is 0 Å². The van der Waals surface area contributed by atoms with E-state index < -0.39 is 0 Å². The summed E-state index contributed by atoms with van der Waals surface area (Å²) in [7, 11) is 2.12. The van der Waals surface area contributed by atoms with Crippen LogP contribution in [0.3, 0.4) is 0 Å². The van der Waals surface area contributed by atoms with Crippen molar-refractivity contribution in [2.75, 3.05) is 38.1 Å². The lowest BCUT2D eigenvalue weighted by Crippen LogP contribution is -2.28. The van der Waals surface area contributed by atoms with Gasteiger partial charge in [-0.1, -0.05) is 0 Å². The van der Waals surface area contributed by atoms with Crippen LogP contribution in [-0.2, 0) is 12.8 Å². The Morgan fingerprint density at radius 3 is 2.79 bits per heavy atom. The van der Waals surface area contributed by atoms with E-state index in [-0.39, 0.29) is 0 Å². The summed E-state index contributed by atoms with van der Waals surface area (Å²) >= 11 is 0. The Labute approximate surface area is 115 Å². The van der Waals surface area contributed by atoms with Gasteiger partial charge in [0.1, 0.15) is 12.1 Å². The molecule has 0 aromatic carbocycles. The summed E-state index contributed by atoms with van der Waals surface area (Å²) in [5, 5.41) is 0. The average Bonchev–Trinajstić information content (AvgIpc) is 3.26. The van der Waals surface area contributed by atoms with Crippen molar-refractivity contribution in [3.8, 4) is 0 Å². The van der Waals surface area contributed by atoms with Crippen LogP contribution < -0.4 is 4.90 Å². The zero-order valence-electron chi connectivity index (χ0n) is 12.1. The molecule has 4 nitrogen and oxygen atoms in total. The second-order valence-corrected chi connectivity index (χ2v) is 5.88. The molecule has 104 valence electrons. The normalized spacial score (nSPS) is 19.9. The fourth-order valence-corrected chi connectivity index (χ4v) is 2.88. The van der Waals surface area contributed by atoms with Crippen molar-refractivity contribution in [1.29, 1.82) is 0 Å². The molecule has 0 N–H and O–H groups in total. The van der Waals surface area contributed by atoms with Gasteiger partial charge in [-0.3, -0.25) is 0 Å². The topological polar surface area (TPSA) is 32.3 Å². The lowest BCUT2D eigenvalue weighted by atomic mass is 10.1. The van der Waals surface area contributed by atoms with Crippen molar-refractivity contribution >= 4 is 5.82 Å². The fraction of sp³-hybridized carbons (Fsp3) is 0.733. The van der Waals surface area contributed by atoms with Gasteiger partial charge in [0.2, 0.25) is 0 Å². The Morgan fingerprint density at radius 2 is 2.05 bits per heavy atom. The molecule has 0 unspecified atom stereocenters. The van der Waals surface area contributed by atoms with Gasteiger partial charge in [0.05, 0.1) is 5.69 Å². The molecule has 0 atom stereocenters. The molecule has 2 aliphatic rings. The summed E-state index contributed by atoms with van der Waals surface area (Å²) in [6.07, 6.45) is 6.79. The summed E-state index contributed by atoms with van der Waals surface area (Å²) in [5.41, 5.74) is 2.65. The number of aromatic nitrogens is 2. The van der Waals surface area contributed by atoms with Crippen molar-refractivity contribution < 1.29 is 0 Å². The Kier molecular flexibility index (Phi) is 3.69. The number of nitrogens with zero attached hydrogens (tertiary/aromatic N) is 4. The molecule has 4 heteroatoms. The smallest absolute Gasteiger partial charge is 0.135 e. The number of hydrogen-bond acceptors (Lipinski definition) is 4. The van der Waals surface area contributed by atoms with E-state index >= 15 is 0 Å². The van der Waals surface area contributed by atoms with Crippen molar-refractivity contribution in [1.82, 2.24) is 14.9 Å². The molecule has 1 aliphatic carbocycles. The highest BCUT2D eigenvalue weighted by Crippen LogP contribution is 2.31. The third-order valence-electron chi connectivity index (χ3n) is 4.40. The molecule has 0 saturated heterocycles. The average molecular weight is 260 g/mol. The minimum absolute atomic E-state index is 0.977. The highest BCUT2D eigenvalue weighted by molar-refractivity contribution is 5.48. The molecule has 2 heterocycles. The summed E-state index contributed by atoms with van der Waals surface area (Å²) in [6.45, 7) is 6.79. The molecule has 1 aromatic heterocycles. The predicted molar refractivity (Wildman–Crippen MR) is 77.5 cm³/mol. The van der Waals surface area contributed by atoms with E-state index in [2.05, 4.69) is 33.7 Å². The maximum Gasteiger partial charge on any atom is 0.135 e. The standard InChI is InChI=1S/C15H24N4/c1-3-18(2)15-13-6-8-19(10-12-4-5-12)9-7-14(13)16-11-17-15/h11-12H,3-10H2,1-2H3. The van der Waals surface area contributed by atoms with Gasteiger partial charge in [0.25, 0.3) is 0 Å². The minimum atomic E-state index is 0.977. The van der Waals surface area contributed by atoms with E-state index in [4.69, 9.17) is 0 Å². The molecular weight excluding hydrogens is 236 g/mol. The third-order valence-corrected chi connectivity index (χ3v) is 4.40. The SMILES string of the molecule is CCN(C)c1ncnc2c1CCN(CC1CC1)CC2. The third kappa shape index (κ3) is 2.89. The van der Waals surface area contributed by atoms with Gasteiger partial charge >= 0.3 is 0 Å². The second-order valence-electron chi connectivity index (χ2n) is 5.88. The molecule has 1 aliphatic heterocycles. The molecule has 19 heavy (non-hydrogen) atoms. The van der Waals surface area contributed by atoms with Crippen molar-refractivity contribution in [2.45, 2.75) is 32.6 Å². The van der Waals surface area contributed by atoms with Crippen molar-refractivity contribution in [2.24, 2.45) is 5.92 Å². The zero-order chi connectivity index (χ0) is 13.2. The molecule has 1 aromatic rings. The van der Waals surface area contributed by atoms with Gasteiger partial charge in [-0.15, -0.1) is 0 Å². The fourth-order valence-electron chi connectivity index (χ4n) is 2.88. The van der Waals surface area contributed by atoms with Gasteiger partial charge in [0, 0.05) is 45.2 Å². The summed E-state index contributed by atoms with van der Waals surface area (Å²) < 4.78 is 0. The van der Waals surface area contributed by atoms with Crippen LogP contribution in [0.5, 0.6) is 0 Å². The Bertz CT molecular complexity index is 442. The maximum atomic E-state index is 4.52.